The maximum absolute atomic E-state index is 12.4. The number of amides is 1. The molecule has 3 aromatic carbocycles. The molecule has 4 rings (SSSR count). The van der Waals surface area contributed by atoms with E-state index < -0.39 is 6.09 Å². The van der Waals surface area contributed by atoms with Crippen molar-refractivity contribution in [3.63, 3.8) is 0 Å². The summed E-state index contributed by atoms with van der Waals surface area (Å²) in [5, 5.41) is 12.9. The zero-order valence-electron chi connectivity index (χ0n) is 16.9. The number of hydrogen-bond donors (Lipinski definition) is 2. The number of ether oxygens (including phenoxy) is 1. The van der Waals surface area contributed by atoms with Crippen LogP contribution in [0, 0.1) is 0 Å². The number of phenols is 1. The quantitative estimate of drug-likeness (QED) is 0.538. The number of fused-ring (bicyclic) bond motifs is 3. The van der Waals surface area contributed by atoms with Crippen molar-refractivity contribution in [3.05, 3.63) is 83.4 Å². The highest BCUT2D eigenvalue weighted by Gasteiger charge is 2.29. The van der Waals surface area contributed by atoms with Gasteiger partial charge in [-0.1, -0.05) is 75.4 Å². The number of aromatic hydroxyl groups is 1. The highest BCUT2D eigenvalue weighted by molar-refractivity contribution is 5.87. The van der Waals surface area contributed by atoms with Crippen LogP contribution in [0.4, 0.5) is 10.5 Å². The predicted octanol–water partition coefficient (Wildman–Crippen LogP) is 6.05. The molecule has 0 spiro atoms. The molecule has 0 saturated heterocycles. The molecule has 148 valence electrons. The Morgan fingerprint density at radius 3 is 2.10 bits per heavy atom. The molecule has 3 aromatic rings. The van der Waals surface area contributed by atoms with E-state index in [0.29, 0.717) is 5.69 Å². The first-order valence-corrected chi connectivity index (χ1v) is 9.80. The monoisotopic (exact) mass is 387 g/mol. The van der Waals surface area contributed by atoms with E-state index in [9.17, 15) is 9.90 Å². The van der Waals surface area contributed by atoms with Crippen LogP contribution in [0.3, 0.4) is 0 Å². The van der Waals surface area contributed by atoms with Crippen LogP contribution < -0.4 is 5.32 Å². The Kier molecular flexibility index (Phi) is 4.79. The summed E-state index contributed by atoms with van der Waals surface area (Å²) in [6.07, 6.45) is -0.578. The second kappa shape index (κ2) is 7.28. The van der Waals surface area contributed by atoms with Gasteiger partial charge < -0.3 is 9.84 Å². The molecule has 29 heavy (non-hydrogen) atoms. The molecule has 0 atom stereocenters. The van der Waals surface area contributed by atoms with Gasteiger partial charge in [0.2, 0.25) is 0 Å². The minimum absolute atomic E-state index is 0.00464. The van der Waals surface area contributed by atoms with Gasteiger partial charge in [-0.15, -0.1) is 0 Å². The lowest BCUT2D eigenvalue weighted by Crippen LogP contribution is -2.18. The van der Waals surface area contributed by atoms with Gasteiger partial charge in [0.25, 0.3) is 0 Å². The molecule has 0 radical (unpaired) electrons. The summed E-state index contributed by atoms with van der Waals surface area (Å²) in [5.41, 5.74) is 5.96. The van der Waals surface area contributed by atoms with Crippen molar-refractivity contribution in [3.8, 4) is 16.9 Å². The van der Waals surface area contributed by atoms with Gasteiger partial charge in [0.05, 0.1) is 5.69 Å². The Morgan fingerprint density at radius 1 is 0.966 bits per heavy atom. The van der Waals surface area contributed by atoms with E-state index >= 15 is 0 Å². The van der Waals surface area contributed by atoms with Crippen LogP contribution >= 0.6 is 0 Å². The van der Waals surface area contributed by atoms with Crippen molar-refractivity contribution < 1.29 is 14.6 Å². The molecule has 0 heterocycles. The number of rotatable bonds is 3. The van der Waals surface area contributed by atoms with E-state index in [1.807, 2.05) is 30.3 Å². The largest absolute Gasteiger partial charge is 0.506 e. The molecule has 0 saturated carbocycles. The third kappa shape index (κ3) is 3.70. The van der Waals surface area contributed by atoms with Crippen LogP contribution in [-0.4, -0.2) is 17.8 Å². The summed E-state index contributed by atoms with van der Waals surface area (Å²) >= 11 is 0. The van der Waals surface area contributed by atoms with E-state index in [-0.39, 0.29) is 23.7 Å². The number of nitrogens with one attached hydrogen (secondary N) is 1. The van der Waals surface area contributed by atoms with E-state index in [1.54, 1.807) is 12.1 Å². The zero-order valence-corrected chi connectivity index (χ0v) is 16.9. The van der Waals surface area contributed by atoms with Gasteiger partial charge >= 0.3 is 6.09 Å². The van der Waals surface area contributed by atoms with Crippen LogP contribution in [0.25, 0.3) is 11.1 Å². The molecular formula is C25H25NO3. The number of anilines is 1. The molecule has 0 aromatic heterocycles. The zero-order chi connectivity index (χ0) is 20.6. The van der Waals surface area contributed by atoms with Crippen molar-refractivity contribution in [1.29, 1.82) is 0 Å². The average molecular weight is 387 g/mol. The van der Waals surface area contributed by atoms with E-state index in [1.165, 1.54) is 22.3 Å². The van der Waals surface area contributed by atoms with Crippen LogP contribution in [0.2, 0.25) is 0 Å². The molecule has 4 nitrogen and oxygen atoms in total. The van der Waals surface area contributed by atoms with Crippen molar-refractivity contribution in [2.75, 3.05) is 11.9 Å². The normalized spacial score (nSPS) is 12.9. The number of hydrogen-bond acceptors (Lipinski definition) is 3. The standard InChI is InChI=1S/C25H25NO3/c1-25(2,3)16-12-13-22(23(27)14-16)26-24(28)29-15-21-19-10-6-4-8-17(19)18-9-5-7-11-20(18)21/h4-14,21,27H,15H2,1-3H3,(H,26,28). The lowest BCUT2D eigenvalue weighted by atomic mass is 9.87. The van der Waals surface area contributed by atoms with Crippen LogP contribution in [0.15, 0.2) is 66.7 Å². The summed E-state index contributed by atoms with van der Waals surface area (Å²) in [6, 6.07) is 21.7. The van der Waals surface area contributed by atoms with Gasteiger partial charge in [-0.2, -0.15) is 0 Å². The first kappa shape index (κ1) is 19.1. The van der Waals surface area contributed by atoms with E-state index in [4.69, 9.17) is 4.74 Å². The van der Waals surface area contributed by atoms with Crippen molar-refractivity contribution in [2.24, 2.45) is 0 Å². The van der Waals surface area contributed by atoms with Crippen LogP contribution in [0.1, 0.15) is 43.4 Å². The molecule has 2 N–H and O–H groups in total. The fraction of sp³-hybridized carbons (Fsp3) is 0.240. The molecule has 4 heteroatoms. The molecule has 1 aliphatic carbocycles. The predicted molar refractivity (Wildman–Crippen MR) is 115 cm³/mol. The second-order valence-corrected chi connectivity index (χ2v) is 8.43. The Hall–Kier alpha value is -3.27. The molecule has 0 aliphatic heterocycles. The average Bonchev–Trinajstić information content (AvgIpc) is 3.01. The van der Waals surface area contributed by atoms with Gasteiger partial charge in [0.15, 0.2) is 0 Å². The Labute approximate surface area is 171 Å². The van der Waals surface area contributed by atoms with Crippen molar-refractivity contribution >= 4 is 11.8 Å². The summed E-state index contributed by atoms with van der Waals surface area (Å²) in [7, 11) is 0. The van der Waals surface area contributed by atoms with Gasteiger partial charge in [0, 0.05) is 5.92 Å². The summed E-state index contributed by atoms with van der Waals surface area (Å²) in [5.74, 6) is 0.0379. The lowest BCUT2D eigenvalue weighted by molar-refractivity contribution is 0.158. The maximum atomic E-state index is 12.4. The lowest BCUT2D eigenvalue weighted by Gasteiger charge is -2.20. The molecule has 0 bridgehead atoms. The highest BCUT2D eigenvalue weighted by Crippen LogP contribution is 2.44. The number of phenolic OH excluding ortho intramolecular Hbond substituents is 1. The fourth-order valence-corrected chi connectivity index (χ4v) is 3.85. The summed E-state index contributed by atoms with van der Waals surface area (Å²) in [4.78, 5) is 12.4. The van der Waals surface area contributed by atoms with Crippen LogP contribution in [-0.2, 0) is 10.2 Å². The number of carbonyl (C=O) groups excluding carboxylic acids is 1. The van der Waals surface area contributed by atoms with Gasteiger partial charge in [0.1, 0.15) is 12.4 Å². The summed E-state index contributed by atoms with van der Waals surface area (Å²) in [6.45, 7) is 6.45. The SMILES string of the molecule is CC(C)(C)c1ccc(NC(=O)OCC2c3ccccc3-c3ccccc32)c(O)c1. The second-order valence-electron chi connectivity index (χ2n) is 8.43. The minimum Gasteiger partial charge on any atom is -0.506 e. The maximum Gasteiger partial charge on any atom is 0.411 e. The Morgan fingerprint density at radius 2 is 1.55 bits per heavy atom. The van der Waals surface area contributed by atoms with Crippen molar-refractivity contribution in [1.82, 2.24) is 0 Å². The Balaban J connectivity index is 1.47. The van der Waals surface area contributed by atoms with Gasteiger partial charge in [-0.3, -0.25) is 5.32 Å². The van der Waals surface area contributed by atoms with Gasteiger partial charge in [-0.05, 0) is 45.4 Å². The van der Waals surface area contributed by atoms with Gasteiger partial charge in [-0.25, -0.2) is 4.79 Å². The first-order chi connectivity index (χ1) is 13.8. The molecule has 1 amide bonds. The molecule has 0 unspecified atom stereocenters. The third-order valence-corrected chi connectivity index (χ3v) is 5.44. The van der Waals surface area contributed by atoms with E-state index in [2.05, 4.69) is 50.4 Å². The summed E-state index contributed by atoms with van der Waals surface area (Å²) < 4.78 is 5.53. The third-order valence-electron chi connectivity index (χ3n) is 5.44. The van der Waals surface area contributed by atoms with Crippen molar-refractivity contribution in [2.45, 2.75) is 32.1 Å². The number of carbonyl (C=O) groups is 1. The van der Waals surface area contributed by atoms with Crippen LogP contribution in [0.5, 0.6) is 5.75 Å². The smallest absolute Gasteiger partial charge is 0.411 e. The minimum atomic E-state index is -0.578. The fourth-order valence-electron chi connectivity index (χ4n) is 3.85. The highest BCUT2D eigenvalue weighted by atomic mass is 16.5. The number of benzene rings is 3. The molecule has 0 fully saturated rings. The molecular weight excluding hydrogens is 362 g/mol. The van der Waals surface area contributed by atoms with E-state index in [0.717, 1.165) is 5.56 Å². The topological polar surface area (TPSA) is 58.6 Å². The first-order valence-electron chi connectivity index (χ1n) is 9.80. The molecule has 1 aliphatic rings. The Bertz CT molecular complexity index is 1020.